The van der Waals surface area contributed by atoms with Crippen LogP contribution >= 0.6 is 0 Å². The highest BCUT2D eigenvalue weighted by Crippen LogP contribution is 2.22. The van der Waals surface area contributed by atoms with Crippen molar-refractivity contribution in [3.63, 3.8) is 0 Å². The Balaban J connectivity index is 1.21. The van der Waals surface area contributed by atoms with Gasteiger partial charge in [-0.3, -0.25) is 25.2 Å². The molecule has 0 aromatic heterocycles. The first kappa shape index (κ1) is 28.9. The van der Waals surface area contributed by atoms with E-state index in [1.807, 2.05) is 42.5 Å². The van der Waals surface area contributed by atoms with Gasteiger partial charge in [-0.15, -0.1) is 0 Å². The van der Waals surface area contributed by atoms with Gasteiger partial charge in [-0.25, -0.2) is 0 Å². The van der Waals surface area contributed by atoms with Gasteiger partial charge in [-0.05, 0) is 83.8 Å². The number of hydrogen-bond acceptors (Lipinski definition) is 5. The first-order valence-corrected chi connectivity index (χ1v) is 13.2. The first-order valence-electron chi connectivity index (χ1n) is 13.2. The lowest BCUT2D eigenvalue weighted by atomic mass is 9.87. The van der Waals surface area contributed by atoms with Crippen LogP contribution in [-0.2, 0) is 5.41 Å². The van der Waals surface area contributed by atoms with E-state index in [1.165, 1.54) is 0 Å². The molecule has 0 heterocycles. The van der Waals surface area contributed by atoms with Crippen molar-refractivity contribution in [2.24, 2.45) is 0 Å². The van der Waals surface area contributed by atoms with E-state index >= 15 is 0 Å². The van der Waals surface area contributed by atoms with Gasteiger partial charge in [-0.2, -0.15) is 0 Å². The van der Waals surface area contributed by atoms with E-state index in [-0.39, 0.29) is 11.3 Å². The molecule has 41 heavy (non-hydrogen) atoms. The number of para-hydroxylation sites is 1. The normalized spacial score (nSPS) is 10.8. The van der Waals surface area contributed by atoms with Crippen LogP contribution in [0.15, 0.2) is 103 Å². The summed E-state index contributed by atoms with van der Waals surface area (Å²) in [6.45, 7) is 7.08. The van der Waals surface area contributed by atoms with Gasteiger partial charge < -0.3 is 14.8 Å². The van der Waals surface area contributed by atoms with Crippen LogP contribution in [0.4, 0.5) is 5.69 Å². The summed E-state index contributed by atoms with van der Waals surface area (Å²) in [6, 6.07) is 29.9. The topological polar surface area (TPSA) is 106 Å². The number of hydrogen-bond donors (Lipinski definition) is 3. The summed E-state index contributed by atoms with van der Waals surface area (Å²) >= 11 is 0. The van der Waals surface area contributed by atoms with Gasteiger partial charge in [-0.1, -0.05) is 51.1 Å². The molecule has 3 N–H and O–H groups in total. The number of ether oxygens (including phenoxy) is 2. The fourth-order valence-electron chi connectivity index (χ4n) is 3.83. The number of carbonyl (C=O) groups excluding carboxylic acids is 3. The average Bonchev–Trinajstić information content (AvgIpc) is 2.99. The van der Waals surface area contributed by atoms with E-state index in [0.717, 1.165) is 11.3 Å². The molecule has 3 amide bonds. The smallest absolute Gasteiger partial charge is 0.269 e. The van der Waals surface area contributed by atoms with Gasteiger partial charge in [0, 0.05) is 22.4 Å². The number of carbonyl (C=O) groups is 3. The lowest BCUT2D eigenvalue weighted by Gasteiger charge is -2.19. The molecule has 0 aliphatic heterocycles. The summed E-state index contributed by atoms with van der Waals surface area (Å²) in [4.78, 5) is 37.6. The second kappa shape index (κ2) is 13.3. The Bertz CT molecular complexity index is 1460. The molecule has 8 nitrogen and oxygen atoms in total. The van der Waals surface area contributed by atoms with Crippen molar-refractivity contribution in [3.05, 3.63) is 125 Å². The molecule has 8 heteroatoms. The van der Waals surface area contributed by atoms with Gasteiger partial charge in [0.15, 0.2) is 0 Å². The molecule has 0 saturated carbocycles. The molecule has 0 spiro atoms. The summed E-state index contributed by atoms with van der Waals surface area (Å²) < 4.78 is 11.2. The maximum Gasteiger partial charge on any atom is 0.269 e. The molecule has 0 saturated heterocycles. The average molecular weight is 552 g/mol. The van der Waals surface area contributed by atoms with E-state index < -0.39 is 11.8 Å². The zero-order chi connectivity index (χ0) is 29.2. The molecule has 0 aliphatic rings. The molecule has 0 atom stereocenters. The van der Waals surface area contributed by atoms with Crippen LogP contribution in [-0.4, -0.2) is 30.9 Å². The largest absolute Gasteiger partial charge is 0.490 e. The highest BCUT2D eigenvalue weighted by Gasteiger charge is 2.15. The third-order valence-electron chi connectivity index (χ3n) is 6.19. The highest BCUT2D eigenvalue weighted by atomic mass is 16.5. The zero-order valence-corrected chi connectivity index (χ0v) is 23.3. The molecule has 4 aromatic rings. The van der Waals surface area contributed by atoms with Crippen molar-refractivity contribution in [2.75, 3.05) is 18.5 Å². The number of nitrogens with one attached hydrogen (secondary N) is 3. The molecule has 0 aliphatic carbocycles. The fraction of sp³-hybridized carbons (Fsp3) is 0.182. The van der Waals surface area contributed by atoms with Gasteiger partial charge in [0.1, 0.15) is 24.7 Å². The maximum absolute atomic E-state index is 12.6. The van der Waals surface area contributed by atoms with Gasteiger partial charge in [0.25, 0.3) is 17.7 Å². The van der Waals surface area contributed by atoms with Crippen LogP contribution < -0.4 is 25.6 Å². The third kappa shape index (κ3) is 8.44. The van der Waals surface area contributed by atoms with E-state index in [9.17, 15) is 14.4 Å². The monoisotopic (exact) mass is 551 g/mol. The second-order valence-corrected chi connectivity index (χ2v) is 10.3. The molecular weight excluding hydrogens is 518 g/mol. The number of anilines is 1. The molecule has 0 fully saturated rings. The number of rotatable bonds is 9. The lowest BCUT2D eigenvalue weighted by Crippen LogP contribution is -2.41. The lowest BCUT2D eigenvalue weighted by molar-refractivity contribution is 0.0846. The second-order valence-electron chi connectivity index (χ2n) is 10.3. The fourth-order valence-corrected chi connectivity index (χ4v) is 3.83. The van der Waals surface area contributed by atoms with E-state index in [4.69, 9.17) is 9.47 Å². The van der Waals surface area contributed by atoms with E-state index in [1.54, 1.807) is 60.7 Å². The van der Waals surface area contributed by atoms with Crippen molar-refractivity contribution < 1.29 is 23.9 Å². The van der Waals surface area contributed by atoms with Crippen molar-refractivity contribution >= 4 is 23.4 Å². The zero-order valence-electron chi connectivity index (χ0n) is 23.3. The molecule has 210 valence electrons. The standard InChI is InChI=1S/C33H33N3O5/c1-33(2,3)26-15-9-23(10-16-26)30(37)34-27-17-11-24(12-18-27)31(38)35-36-32(39)25-13-19-29(20-14-25)41-22-21-40-28-7-5-4-6-8-28/h4-20H,21-22H2,1-3H3,(H,34,37)(H,35,38)(H,36,39). The number of hydrazine groups is 1. The number of benzene rings is 4. The molecule has 0 unspecified atom stereocenters. The van der Waals surface area contributed by atoms with Gasteiger partial charge >= 0.3 is 0 Å². The van der Waals surface area contributed by atoms with Gasteiger partial charge in [0.2, 0.25) is 0 Å². The van der Waals surface area contributed by atoms with Crippen LogP contribution in [0, 0.1) is 0 Å². The Morgan fingerprint density at radius 1 is 0.561 bits per heavy atom. The molecule has 4 rings (SSSR count). The Morgan fingerprint density at radius 3 is 1.51 bits per heavy atom. The first-order chi connectivity index (χ1) is 19.7. The predicted octanol–water partition coefficient (Wildman–Crippen LogP) is 5.77. The summed E-state index contributed by atoms with van der Waals surface area (Å²) in [5.41, 5.74) is 7.70. The van der Waals surface area contributed by atoms with Crippen LogP contribution in [0.5, 0.6) is 11.5 Å². The Kier molecular flexibility index (Phi) is 9.37. The minimum atomic E-state index is -0.493. The SMILES string of the molecule is CC(C)(C)c1ccc(C(=O)Nc2ccc(C(=O)NNC(=O)c3ccc(OCCOc4ccccc4)cc3)cc2)cc1. The van der Waals surface area contributed by atoms with Crippen LogP contribution in [0.2, 0.25) is 0 Å². The van der Waals surface area contributed by atoms with Gasteiger partial charge in [0.05, 0.1) is 0 Å². The van der Waals surface area contributed by atoms with Crippen molar-refractivity contribution in [3.8, 4) is 11.5 Å². The quantitative estimate of drug-likeness (QED) is 0.181. The molecule has 4 aromatic carbocycles. The van der Waals surface area contributed by atoms with Crippen LogP contribution in [0.1, 0.15) is 57.4 Å². The molecule has 0 radical (unpaired) electrons. The highest BCUT2D eigenvalue weighted by molar-refractivity contribution is 6.04. The summed E-state index contributed by atoms with van der Waals surface area (Å²) in [6.07, 6.45) is 0. The van der Waals surface area contributed by atoms with Crippen molar-refractivity contribution in [2.45, 2.75) is 26.2 Å². The Hall–Kier alpha value is -5.11. The maximum atomic E-state index is 12.6. The van der Waals surface area contributed by atoms with Crippen molar-refractivity contribution in [1.82, 2.24) is 10.9 Å². The van der Waals surface area contributed by atoms with Crippen LogP contribution in [0.3, 0.4) is 0 Å². The third-order valence-corrected chi connectivity index (χ3v) is 6.19. The minimum absolute atomic E-state index is 0.00341. The summed E-state index contributed by atoms with van der Waals surface area (Å²) in [7, 11) is 0. The minimum Gasteiger partial charge on any atom is -0.490 e. The predicted molar refractivity (Wildman–Crippen MR) is 158 cm³/mol. The Morgan fingerprint density at radius 2 is 1.00 bits per heavy atom. The van der Waals surface area contributed by atoms with E-state index in [2.05, 4.69) is 36.9 Å². The Labute approximate surface area is 239 Å². The molecule has 0 bridgehead atoms. The van der Waals surface area contributed by atoms with Crippen LogP contribution in [0.25, 0.3) is 0 Å². The molecular formula is C33H33N3O5. The summed E-state index contributed by atoms with van der Waals surface area (Å²) in [5.74, 6) is 0.153. The summed E-state index contributed by atoms with van der Waals surface area (Å²) in [5, 5.41) is 2.82. The van der Waals surface area contributed by atoms with E-state index in [0.29, 0.717) is 41.3 Å². The van der Waals surface area contributed by atoms with Crippen molar-refractivity contribution in [1.29, 1.82) is 0 Å². The number of amides is 3.